The number of hydrazine groups is 1. The van der Waals surface area contributed by atoms with Gasteiger partial charge >= 0.3 is 0 Å². The zero-order valence-corrected chi connectivity index (χ0v) is 11.9. The van der Waals surface area contributed by atoms with Crippen LogP contribution < -0.4 is 11.3 Å². The van der Waals surface area contributed by atoms with Gasteiger partial charge in [0.05, 0.1) is 0 Å². The van der Waals surface area contributed by atoms with Crippen molar-refractivity contribution >= 4 is 5.82 Å². The zero-order valence-electron chi connectivity index (χ0n) is 11.9. The number of hydrogen-bond donors (Lipinski definition) is 2. The van der Waals surface area contributed by atoms with Crippen LogP contribution in [0.5, 0.6) is 0 Å². The second-order valence-corrected chi connectivity index (χ2v) is 5.27. The normalized spacial score (nSPS) is 10.9. The van der Waals surface area contributed by atoms with Crippen LogP contribution >= 0.6 is 0 Å². The number of nitrogens with one attached hydrogen (secondary N) is 1. The predicted molar refractivity (Wildman–Crippen MR) is 78.5 cm³/mol. The van der Waals surface area contributed by atoms with Crippen LogP contribution in [0.25, 0.3) is 11.4 Å². The summed E-state index contributed by atoms with van der Waals surface area (Å²) in [7, 11) is 0. The maximum Gasteiger partial charge on any atom is 0.162 e. The molecule has 2 aromatic rings. The Morgan fingerprint density at radius 2 is 2.00 bits per heavy atom. The average molecular weight is 274 g/mol. The monoisotopic (exact) mass is 274 g/mol. The second-order valence-electron chi connectivity index (χ2n) is 5.27. The van der Waals surface area contributed by atoms with Gasteiger partial charge in [0.25, 0.3) is 0 Å². The molecule has 0 saturated carbocycles. The Balaban J connectivity index is 2.49. The summed E-state index contributed by atoms with van der Waals surface area (Å²) in [5, 5.41) is 0. The molecule has 0 aliphatic heterocycles. The fourth-order valence-electron chi connectivity index (χ4n) is 2.09. The summed E-state index contributed by atoms with van der Waals surface area (Å²) in [6, 6.07) is 6.42. The molecule has 106 valence electrons. The van der Waals surface area contributed by atoms with E-state index in [-0.39, 0.29) is 5.82 Å². The average Bonchev–Trinajstić information content (AvgIpc) is 2.37. The summed E-state index contributed by atoms with van der Waals surface area (Å²) in [6.07, 6.45) is 0.838. The Morgan fingerprint density at radius 1 is 1.25 bits per heavy atom. The van der Waals surface area contributed by atoms with Crippen LogP contribution in [-0.2, 0) is 6.42 Å². The number of halogens is 1. The van der Waals surface area contributed by atoms with E-state index in [0.717, 1.165) is 23.2 Å². The molecule has 1 heterocycles. The van der Waals surface area contributed by atoms with Gasteiger partial charge < -0.3 is 5.43 Å². The Morgan fingerprint density at radius 3 is 2.60 bits per heavy atom. The molecule has 0 fully saturated rings. The molecule has 0 atom stereocenters. The highest BCUT2D eigenvalue weighted by atomic mass is 19.1. The second kappa shape index (κ2) is 5.96. The molecule has 5 heteroatoms. The number of anilines is 1. The van der Waals surface area contributed by atoms with E-state index in [2.05, 4.69) is 29.2 Å². The summed E-state index contributed by atoms with van der Waals surface area (Å²) in [5.74, 6) is 6.81. The lowest BCUT2D eigenvalue weighted by Crippen LogP contribution is -2.11. The van der Waals surface area contributed by atoms with Gasteiger partial charge in [-0.05, 0) is 43.0 Å². The number of aromatic nitrogens is 2. The number of rotatable bonds is 4. The molecule has 4 nitrogen and oxygen atoms in total. The summed E-state index contributed by atoms with van der Waals surface area (Å²) < 4.78 is 13.2. The van der Waals surface area contributed by atoms with Gasteiger partial charge in [-0.2, -0.15) is 0 Å². The van der Waals surface area contributed by atoms with E-state index in [4.69, 9.17) is 5.84 Å². The first kappa shape index (κ1) is 14.4. The maximum atomic E-state index is 13.2. The van der Waals surface area contributed by atoms with Gasteiger partial charge in [-0.25, -0.2) is 20.2 Å². The van der Waals surface area contributed by atoms with Crippen LogP contribution in [-0.4, -0.2) is 9.97 Å². The van der Waals surface area contributed by atoms with E-state index in [1.54, 1.807) is 6.07 Å². The summed E-state index contributed by atoms with van der Waals surface area (Å²) in [5.41, 5.74) is 5.09. The Kier molecular flexibility index (Phi) is 4.29. The van der Waals surface area contributed by atoms with Crippen molar-refractivity contribution in [3.05, 3.63) is 41.3 Å². The van der Waals surface area contributed by atoms with Crippen molar-refractivity contribution in [3.63, 3.8) is 0 Å². The first-order valence-electron chi connectivity index (χ1n) is 6.60. The Labute approximate surface area is 118 Å². The molecule has 0 bridgehead atoms. The van der Waals surface area contributed by atoms with Crippen LogP contribution in [0.3, 0.4) is 0 Å². The SMILES string of the molecule is Cc1cc(F)ccc1-c1nc(CC(C)C)cc(NN)n1. The minimum absolute atomic E-state index is 0.262. The van der Waals surface area contributed by atoms with Crippen LogP contribution in [0.4, 0.5) is 10.2 Å². The molecule has 0 saturated heterocycles. The van der Waals surface area contributed by atoms with Crippen LogP contribution in [0.2, 0.25) is 0 Å². The lowest BCUT2D eigenvalue weighted by molar-refractivity contribution is 0.626. The van der Waals surface area contributed by atoms with E-state index in [9.17, 15) is 4.39 Å². The molecule has 20 heavy (non-hydrogen) atoms. The molecule has 0 amide bonds. The highest BCUT2D eigenvalue weighted by Crippen LogP contribution is 2.23. The number of nitrogens with zero attached hydrogens (tertiary/aromatic N) is 2. The fourth-order valence-corrected chi connectivity index (χ4v) is 2.09. The van der Waals surface area contributed by atoms with Gasteiger partial charge in [-0.15, -0.1) is 0 Å². The summed E-state index contributed by atoms with van der Waals surface area (Å²) in [4.78, 5) is 8.90. The van der Waals surface area contributed by atoms with Crippen molar-refractivity contribution in [2.45, 2.75) is 27.2 Å². The molecule has 0 aliphatic rings. The Hall–Kier alpha value is -2.01. The van der Waals surface area contributed by atoms with Gasteiger partial charge in [0.1, 0.15) is 11.6 Å². The summed E-state index contributed by atoms with van der Waals surface area (Å²) >= 11 is 0. The van der Waals surface area contributed by atoms with Crippen LogP contribution in [0.1, 0.15) is 25.1 Å². The Bertz CT molecular complexity index is 611. The smallest absolute Gasteiger partial charge is 0.162 e. The van der Waals surface area contributed by atoms with Gasteiger partial charge in [-0.1, -0.05) is 13.8 Å². The van der Waals surface area contributed by atoms with Crippen LogP contribution in [0.15, 0.2) is 24.3 Å². The number of aryl methyl sites for hydroxylation is 1. The molecular weight excluding hydrogens is 255 g/mol. The standard InChI is InChI=1S/C15H19FN4/c1-9(2)6-12-8-14(20-17)19-15(18-12)13-5-4-11(16)7-10(13)3/h4-5,7-9H,6,17H2,1-3H3,(H,18,19,20). The molecule has 1 aromatic heterocycles. The number of nitrogens with two attached hydrogens (primary N) is 1. The third-order valence-electron chi connectivity index (χ3n) is 2.97. The van der Waals surface area contributed by atoms with Gasteiger partial charge in [-0.3, -0.25) is 0 Å². The van der Waals surface area contributed by atoms with Crippen molar-refractivity contribution in [3.8, 4) is 11.4 Å². The van der Waals surface area contributed by atoms with E-state index in [1.807, 2.05) is 13.0 Å². The molecule has 2 rings (SSSR count). The van der Waals surface area contributed by atoms with E-state index in [1.165, 1.54) is 12.1 Å². The van der Waals surface area contributed by atoms with Crippen molar-refractivity contribution < 1.29 is 4.39 Å². The number of benzene rings is 1. The number of hydrogen-bond acceptors (Lipinski definition) is 4. The number of nitrogen functional groups attached to an aromatic ring is 1. The fraction of sp³-hybridized carbons (Fsp3) is 0.333. The third-order valence-corrected chi connectivity index (χ3v) is 2.97. The minimum atomic E-state index is -0.262. The molecule has 0 radical (unpaired) electrons. The first-order chi connectivity index (χ1) is 9.49. The van der Waals surface area contributed by atoms with Crippen molar-refractivity contribution in [1.82, 2.24) is 9.97 Å². The quantitative estimate of drug-likeness (QED) is 0.664. The minimum Gasteiger partial charge on any atom is -0.308 e. The van der Waals surface area contributed by atoms with Crippen molar-refractivity contribution in [2.75, 3.05) is 5.43 Å². The van der Waals surface area contributed by atoms with Crippen molar-refractivity contribution in [2.24, 2.45) is 11.8 Å². The lowest BCUT2D eigenvalue weighted by atomic mass is 10.1. The molecule has 3 N–H and O–H groups in total. The van der Waals surface area contributed by atoms with E-state index >= 15 is 0 Å². The third kappa shape index (κ3) is 3.30. The van der Waals surface area contributed by atoms with Gasteiger partial charge in [0, 0.05) is 17.3 Å². The van der Waals surface area contributed by atoms with Crippen molar-refractivity contribution in [1.29, 1.82) is 0 Å². The van der Waals surface area contributed by atoms with Crippen LogP contribution in [0, 0.1) is 18.7 Å². The highest BCUT2D eigenvalue weighted by molar-refractivity contribution is 5.61. The van der Waals surface area contributed by atoms with E-state index in [0.29, 0.717) is 17.6 Å². The topological polar surface area (TPSA) is 63.8 Å². The molecular formula is C15H19FN4. The summed E-state index contributed by atoms with van der Waals surface area (Å²) in [6.45, 7) is 6.09. The molecule has 1 aromatic carbocycles. The first-order valence-corrected chi connectivity index (χ1v) is 6.60. The van der Waals surface area contributed by atoms with Gasteiger partial charge in [0.15, 0.2) is 5.82 Å². The highest BCUT2D eigenvalue weighted by Gasteiger charge is 2.10. The molecule has 0 unspecified atom stereocenters. The van der Waals surface area contributed by atoms with Gasteiger partial charge in [0.2, 0.25) is 0 Å². The molecule has 0 spiro atoms. The lowest BCUT2D eigenvalue weighted by Gasteiger charge is -2.11. The zero-order chi connectivity index (χ0) is 14.7. The largest absolute Gasteiger partial charge is 0.308 e. The van der Waals surface area contributed by atoms with E-state index < -0.39 is 0 Å². The maximum absolute atomic E-state index is 13.2. The predicted octanol–water partition coefficient (Wildman–Crippen LogP) is 3.08. The molecule has 0 aliphatic carbocycles.